The van der Waals surface area contributed by atoms with Crippen molar-refractivity contribution >= 4 is 5.91 Å². The molecule has 0 N–H and O–H groups in total. The first-order valence-corrected chi connectivity index (χ1v) is 13.2. The van der Waals surface area contributed by atoms with Gasteiger partial charge >= 0.3 is 0 Å². The molecule has 0 aliphatic heterocycles. The van der Waals surface area contributed by atoms with Gasteiger partial charge in [-0.3, -0.25) is 4.79 Å². The zero-order chi connectivity index (χ0) is 27.2. The number of hydrogen-bond acceptors (Lipinski definition) is 3. The molecule has 1 aromatic heterocycles. The summed E-state index contributed by atoms with van der Waals surface area (Å²) in [7, 11) is 1.64. The quantitative estimate of drug-likeness (QED) is 0.211. The van der Waals surface area contributed by atoms with Gasteiger partial charge in [0, 0.05) is 18.7 Å². The molecule has 0 radical (unpaired) electrons. The monoisotopic (exact) mass is 515 g/mol. The molecule has 0 bridgehead atoms. The van der Waals surface area contributed by atoms with Gasteiger partial charge in [0.2, 0.25) is 0 Å². The summed E-state index contributed by atoms with van der Waals surface area (Å²) in [6, 6.07) is 36.2. The van der Waals surface area contributed by atoms with E-state index in [1.165, 1.54) is 16.7 Å². The van der Waals surface area contributed by atoms with Gasteiger partial charge in [0.1, 0.15) is 11.4 Å². The number of hydrogen-bond donors (Lipinski definition) is 0. The zero-order valence-electron chi connectivity index (χ0n) is 22.7. The van der Waals surface area contributed by atoms with Gasteiger partial charge in [-0.2, -0.15) is 5.10 Å². The Morgan fingerprint density at radius 1 is 0.795 bits per heavy atom. The van der Waals surface area contributed by atoms with Crippen LogP contribution in [-0.2, 0) is 13.0 Å². The van der Waals surface area contributed by atoms with Gasteiger partial charge < -0.3 is 9.64 Å². The third kappa shape index (κ3) is 6.10. The number of rotatable bonds is 9. The van der Waals surface area contributed by atoms with Crippen LogP contribution in [0.15, 0.2) is 109 Å². The highest BCUT2D eigenvalue weighted by Gasteiger charge is 2.23. The van der Waals surface area contributed by atoms with Gasteiger partial charge in [-0.15, -0.1) is 0 Å². The maximum Gasteiger partial charge on any atom is 0.272 e. The van der Waals surface area contributed by atoms with Gasteiger partial charge in [0.15, 0.2) is 0 Å². The molecule has 0 aliphatic carbocycles. The van der Waals surface area contributed by atoms with E-state index < -0.39 is 0 Å². The van der Waals surface area contributed by atoms with E-state index >= 15 is 0 Å². The van der Waals surface area contributed by atoms with E-state index in [0.717, 1.165) is 34.7 Å². The second kappa shape index (κ2) is 11.8. The fourth-order valence-corrected chi connectivity index (χ4v) is 4.62. The first-order valence-electron chi connectivity index (χ1n) is 13.2. The van der Waals surface area contributed by atoms with Crippen molar-refractivity contribution in [1.29, 1.82) is 0 Å². The van der Waals surface area contributed by atoms with Gasteiger partial charge in [0.25, 0.3) is 5.91 Å². The third-order valence-corrected chi connectivity index (χ3v) is 7.06. The van der Waals surface area contributed by atoms with Gasteiger partial charge in [-0.25, -0.2) is 4.68 Å². The topological polar surface area (TPSA) is 47.4 Å². The maximum atomic E-state index is 14.3. The van der Waals surface area contributed by atoms with E-state index in [1.54, 1.807) is 11.8 Å². The molecule has 0 unspecified atom stereocenters. The van der Waals surface area contributed by atoms with Crippen molar-refractivity contribution < 1.29 is 9.53 Å². The highest BCUT2D eigenvalue weighted by atomic mass is 16.5. The smallest absolute Gasteiger partial charge is 0.272 e. The molecule has 39 heavy (non-hydrogen) atoms. The van der Waals surface area contributed by atoms with Crippen LogP contribution in [0.25, 0.3) is 16.9 Å². The molecule has 1 amide bonds. The van der Waals surface area contributed by atoms with Crippen LogP contribution in [0, 0.1) is 13.8 Å². The summed E-state index contributed by atoms with van der Waals surface area (Å²) < 4.78 is 7.11. The lowest BCUT2D eigenvalue weighted by Crippen LogP contribution is -2.34. The molecular weight excluding hydrogens is 482 g/mol. The summed E-state index contributed by atoms with van der Waals surface area (Å²) in [4.78, 5) is 16.2. The van der Waals surface area contributed by atoms with E-state index in [1.807, 2.05) is 71.6 Å². The zero-order valence-corrected chi connectivity index (χ0v) is 22.7. The first-order chi connectivity index (χ1) is 19.0. The number of aromatic nitrogens is 2. The van der Waals surface area contributed by atoms with Crippen LogP contribution >= 0.6 is 0 Å². The van der Waals surface area contributed by atoms with Crippen LogP contribution in [0.5, 0.6) is 5.75 Å². The van der Waals surface area contributed by atoms with Crippen LogP contribution in [0.4, 0.5) is 0 Å². The molecule has 0 atom stereocenters. The Bertz CT molecular complexity index is 1540. The maximum absolute atomic E-state index is 14.3. The number of benzene rings is 4. The van der Waals surface area contributed by atoms with Crippen LogP contribution in [0.3, 0.4) is 0 Å². The SMILES string of the molecule is COc1ccc(-n2nc(-c3ccc(C)c(C)c3)cc2C(=O)N(CCc2ccccc2)Cc2ccccc2)cc1. The minimum absolute atomic E-state index is 0.0619. The van der Waals surface area contributed by atoms with Crippen LogP contribution < -0.4 is 4.74 Å². The Hall–Kier alpha value is -4.64. The Morgan fingerprint density at radius 2 is 1.46 bits per heavy atom. The predicted molar refractivity (Wildman–Crippen MR) is 156 cm³/mol. The number of carbonyl (C=O) groups is 1. The Labute approximate surface area is 230 Å². The lowest BCUT2D eigenvalue weighted by Gasteiger charge is -2.23. The molecule has 1 heterocycles. The van der Waals surface area contributed by atoms with Gasteiger partial charge in [-0.1, -0.05) is 72.8 Å². The lowest BCUT2D eigenvalue weighted by molar-refractivity contribution is 0.0736. The van der Waals surface area contributed by atoms with E-state index in [-0.39, 0.29) is 5.91 Å². The Morgan fingerprint density at radius 3 is 2.10 bits per heavy atom. The number of carbonyl (C=O) groups excluding carboxylic acids is 1. The van der Waals surface area contributed by atoms with Crippen molar-refractivity contribution in [3.8, 4) is 22.7 Å². The molecule has 196 valence electrons. The standard InChI is InChI=1S/C34H33N3O2/c1-25-14-15-29(22-26(25)2)32-23-33(37(35-32)30-16-18-31(39-3)19-17-30)34(38)36(24-28-12-8-5-9-13-28)21-20-27-10-6-4-7-11-27/h4-19,22-23H,20-21,24H2,1-3H3. The van der Waals surface area contributed by atoms with Gasteiger partial charge in [-0.05, 0) is 78.9 Å². The summed E-state index contributed by atoms with van der Waals surface area (Å²) in [5.41, 5.74) is 7.77. The average Bonchev–Trinajstić information content (AvgIpc) is 3.43. The molecular formula is C34H33N3O2. The third-order valence-electron chi connectivity index (χ3n) is 7.06. The van der Waals surface area contributed by atoms with E-state index in [2.05, 4.69) is 56.3 Å². The summed E-state index contributed by atoms with van der Waals surface area (Å²) >= 11 is 0. The van der Waals surface area contributed by atoms with E-state index in [0.29, 0.717) is 18.8 Å². The molecule has 4 aromatic carbocycles. The molecule has 5 heteroatoms. The number of aryl methyl sites for hydroxylation is 2. The second-order valence-electron chi connectivity index (χ2n) is 9.77. The van der Waals surface area contributed by atoms with Crippen molar-refractivity contribution in [2.45, 2.75) is 26.8 Å². The first kappa shape index (κ1) is 26.0. The predicted octanol–water partition coefficient (Wildman–Crippen LogP) is 7.05. The lowest BCUT2D eigenvalue weighted by atomic mass is 10.0. The highest BCUT2D eigenvalue weighted by Crippen LogP contribution is 2.26. The van der Waals surface area contributed by atoms with Crippen LogP contribution in [0.1, 0.15) is 32.7 Å². The van der Waals surface area contributed by atoms with Gasteiger partial charge in [0.05, 0.1) is 18.5 Å². The van der Waals surface area contributed by atoms with Crippen molar-refractivity contribution in [2.24, 2.45) is 0 Å². The Kier molecular flexibility index (Phi) is 7.88. The van der Waals surface area contributed by atoms with Crippen LogP contribution in [0.2, 0.25) is 0 Å². The number of nitrogens with zero attached hydrogens (tertiary/aromatic N) is 3. The minimum atomic E-state index is -0.0619. The molecule has 0 spiro atoms. The van der Waals surface area contributed by atoms with Crippen molar-refractivity contribution in [3.05, 3.63) is 137 Å². The van der Waals surface area contributed by atoms with Crippen molar-refractivity contribution in [1.82, 2.24) is 14.7 Å². The summed E-state index contributed by atoms with van der Waals surface area (Å²) in [6.07, 6.45) is 0.764. The molecule has 5 aromatic rings. The molecule has 5 rings (SSSR count). The molecule has 5 nitrogen and oxygen atoms in total. The van der Waals surface area contributed by atoms with Crippen LogP contribution in [-0.4, -0.2) is 34.2 Å². The molecule has 0 saturated carbocycles. The minimum Gasteiger partial charge on any atom is -0.497 e. The largest absolute Gasteiger partial charge is 0.497 e. The summed E-state index contributed by atoms with van der Waals surface area (Å²) in [6.45, 7) is 5.29. The molecule has 0 fully saturated rings. The number of amides is 1. The normalized spacial score (nSPS) is 10.8. The van der Waals surface area contributed by atoms with E-state index in [4.69, 9.17) is 9.84 Å². The van der Waals surface area contributed by atoms with Crippen molar-refractivity contribution in [3.63, 3.8) is 0 Å². The number of ether oxygens (including phenoxy) is 1. The van der Waals surface area contributed by atoms with Crippen molar-refractivity contribution in [2.75, 3.05) is 13.7 Å². The molecule has 0 saturated heterocycles. The average molecular weight is 516 g/mol. The summed E-state index contributed by atoms with van der Waals surface area (Å²) in [5, 5.41) is 4.93. The number of methoxy groups -OCH3 is 1. The Balaban J connectivity index is 1.55. The second-order valence-corrected chi connectivity index (χ2v) is 9.77. The molecule has 0 aliphatic rings. The fraction of sp³-hybridized carbons (Fsp3) is 0.176. The highest BCUT2D eigenvalue weighted by molar-refractivity contribution is 5.94. The fourth-order valence-electron chi connectivity index (χ4n) is 4.62. The van der Waals surface area contributed by atoms with E-state index in [9.17, 15) is 4.79 Å². The summed E-state index contributed by atoms with van der Waals surface area (Å²) in [5.74, 6) is 0.690.